The molecule has 0 saturated heterocycles. The van der Waals surface area contributed by atoms with Crippen molar-refractivity contribution < 1.29 is 13.2 Å². The van der Waals surface area contributed by atoms with Gasteiger partial charge in [0.25, 0.3) is 0 Å². The molecule has 0 saturated carbocycles. The molecular formula is C18H23N3O3S. The number of sulfonamides is 1. The molecule has 1 aliphatic heterocycles. The Kier molecular flexibility index (Phi) is 4.60. The van der Waals surface area contributed by atoms with Crippen molar-refractivity contribution in [3.63, 3.8) is 0 Å². The summed E-state index contributed by atoms with van der Waals surface area (Å²) in [5.74, 6) is -0.186. The van der Waals surface area contributed by atoms with Gasteiger partial charge in [-0.2, -0.15) is 0 Å². The van der Waals surface area contributed by atoms with E-state index in [1.54, 1.807) is 17.0 Å². The predicted molar refractivity (Wildman–Crippen MR) is 97.9 cm³/mol. The number of hydrogen-bond donors (Lipinski definition) is 0. The number of aryl methyl sites for hydroxylation is 1. The summed E-state index contributed by atoms with van der Waals surface area (Å²) in [6, 6.07) is 11.1. The molecule has 1 unspecified atom stereocenters. The Morgan fingerprint density at radius 1 is 1.20 bits per heavy atom. The second-order valence-electron chi connectivity index (χ2n) is 6.45. The first-order chi connectivity index (χ1) is 11.8. The van der Waals surface area contributed by atoms with Crippen molar-refractivity contribution in [3.8, 4) is 0 Å². The van der Waals surface area contributed by atoms with Crippen molar-refractivity contribution in [2.24, 2.45) is 0 Å². The highest BCUT2D eigenvalue weighted by atomic mass is 32.2. The number of fused-ring (bicyclic) bond motifs is 1. The van der Waals surface area contributed by atoms with Crippen molar-refractivity contribution in [2.45, 2.75) is 26.4 Å². The maximum atomic E-state index is 12.9. The summed E-state index contributed by atoms with van der Waals surface area (Å²) < 4.78 is 27.9. The zero-order valence-electron chi connectivity index (χ0n) is 14.7. The molecular weight excluding hydrogens is 338 g/mol. The molecule has 2 aromatic rings. The summed E-state index contributed by atoms with van der Waals surface area (Å²) in [7, 11) is -3.56. The molecule has 1 aliphatic rings. The van der Waals surface area contributed by atoms with Crippen LogP contribution in [0.3, 0.4) is 0 Å². The lowest BCUT2D eigenvalue weighted by atomic mass is 10.1. The van der Waals surface area contributed by atoms with Crippen molar-refractivity contribution in [2.75, 3.05) is 23.7 Å². The van der Waals surface area contributed by atoms with Crippen LogP contribution in [0.2, 0.25) is 0 Å². The third kappa shape index (κ3) is 3.42. The van der Waals surface area contributed by atoms with Gasteiger partial charge in [-0.15, -0.1) is 0 Å². The second kappa shape index (κ2) is 6.55. The number of anilines is 1. The highest BCUT2D eigenvalue weighted by Gasteiger charge is 2.30. The number of amides is 1. The predicted octanol–water partition coefficient (Wildman–Crippen LogP) is 2.17. The Bertz CT molecular complexity index is 888. The Morgan fingerprint density at radius 2 is 1.92 bits per heavy atom. The quantitative estimate of drug-likeness (QED) is 0.838. The van der Waals surface area contributed by atoms with Gasteiger partial charge < -0.3 is 9.47 Å². The van der Waals surface area contributed by atoms with Crippen molar-refractivity contribution in [1.82, 2.24) is 9.47 Å². The number of hydrogen-bond acceptors (Lipinski definition) is 3. The molecule has 7 heteroatoms. The van der Waals surface area contributed by atoms with Gasteiger partial charge in [-0.05, 0) is 37.6 Å². The number of aromatic nitrogens is 1. The fourth-order valence-electron chi connectivity index (χ4n) is 3.36. The van der Waals surface area contributed by atoms with Crippen LogP contribution in [0.5, 0.6) is 0 Å². The molecule has 1 aromatic heterocycles. The first kappa shape index (κ1) is 17.5. The minimum absolute atomic E-state index is 0.0745. The highest BCUT2D eigenvalue weighted by Crippen LogP contribution is 2.27. The van der Waals surface area contributed by atoms with E-state index in [4.69, 9.17) is 0 Å². The van der Waals surface area contributed by atoms with Gasteiger partial charge in [-0.1, -0.05) is 18.2 Å². The van der Waals surface area contributed by atoms with Gasteiger partial charge in [0.05, 0.1) is 18.0 Å². The van der Waals surface area contributed by atoms with Crippen molar-refractivity contribution in [3.05, 3.63) is 53.9 Å². The van der Waals surface area contributed by atoms with Crippen LogP contribution >= 0.6 is 0 Å². The number of rotatable bonds is 4. The monoisotopic (exact) mass is 361 g/mol. The molecule has 0 radical (unpaired) electrons. The number of carbonyl (C=O) groups is 1. The number of carbonyl (C=O) groups excluding carboxylic acids is 1. The molecule has 1 aromatic carbocycles. The fourth-order valence-corrected chi connectivity index (χ4v) is 4.26. The molecule has 6 nitrogen and oxygen atoms in total. The topological polar surface area (TPSA) is 62.6 Å². The normalized spacial score (nSPS) is 17.2. The number of nitrogens with zero attached hydrogens (tertiary/aromatic N) is 3. The summed E-state index contributed by atoms with van der Waals surface area (Å²) in [4.78, 5) is 14.6. The summed E-state index contributed by atoms with van der Waals surface area (Å²) in [6.45, 7) is 4.93. The van der Waals surface area contributed by atoms with Gasteiger partial charge in [-0.3, -0.25) is 9.10 Å². The molecule has 0 aliphatic carbocycles. The lowest BCUT2D eigenvalue weighted by Gasteiger charge is -2.36. The maximum absolute atomic E-state index is 12.9. The average molecular weight is 361 g/mol. The van der Waals surface area contributed by atoms with Crippen LogP contribution in [-0.2, 0) is 21.4 Å². The zero-order valence-corrected chi connectivity index (χ0v) is 15.5. The lowest BCUT2D eigenvalue weighted by Crippen LogP contribution is -2.47. The van der Waals surface area contributed by atoms with Crippen LogP contribution < -0.4 is 4.31 Å². The zero-order chi connectivity index (χ0) is 18.2. The third-order valence-electron chi connectivity index (χ3n) is 4.73. The summed E-state index contributed by atoms with van der Waals surface area (Å²) in [6.07, 6.45) is 3.14. The summed E-state index contributed by atoms with van der Waals surface area (Å²) in [5, 5.41) is 0. The van der Waals surface area contributed by atoms with Gasteiger partial charge in [0.2, 0.25) is 15.9 Å². The van der Waals surface area contributed by atoms with Crippen LogP contribution in [-0.4, -0.2) is 43.1 Å². The van der Waals surface area contributed by atoms with Gasteiger partial charge >= 0.3 is 0 Å². The first-order valence-corrected chi connectivity index (χ1v) is 10.1. The molecule has 1 atom stereocenters. The van der Waals surface area contributed by atoms with Crippen LogP contribution in [0.4, 0.5) is 5.69 Å². The SMILES string of the molecule is Cc1ccccc1N(CC(=O)N1CCn2cccc2C1C)S(C)(=O)=O. The fraction of sp³-hybridized carbons (Fsp3) is 0.389. The van der Waals surface area contributed by atoms with E-state index in [1.165, 1.54) is 4.31 Å². The lowest BCUT2D eigenvalue weighted by molar-refractivity contribution is -0.132. The van der Waals surface area contributed by atoms with E-state index in [2.05, 4.69) is 4.57 Å². The molecule has 134 valence electrons. The minimum atomic E-state index is -3.56. The van der Waals surface area contributed by atoms with E-state index in [9.17, 15) is 13.2 Å². The third-order valence-corrected chi connectivity index (χ3v) is 5.85. The van der Waals surface area contributed by atoms with Crippen molar-refractivity contribution >= 4 is 21.6 Å². The van der Waals surface area contributed by atoms with E-state index < -0.39 is 10.0 Å². The Labute approximate surface area is 148 Å². The molecule has 0 N–H and O–H groups in total. The van der Waals surface area contributed by atoms with Gasteiger partial charge in [0, 0.05) is 25.0 Å². The van der Waals surface area contributed by atoms with Crippen LogP contribution in [0.1, 0.15) is 24.2 Å². The van der Waals surface area contributed by atoms with E-state index >= 15 is 0 Å². The van der Waals surface area contributed by atoms with Crippen LogP contribution in [0.25, 0.3) is 0 Å². The summed E-state index contributed by atoms with van der Waals surface area (Å²) in [5.41, 5.74) is 2.44. The maximum Gasteiger partial charge on any atom is 0.243 e. The van der Waals surface area contributed by atoms with Crippen molar-refractivity contribution in [1.29, 1.82) is 0 Å². The molecule has 25 heavy (non-hydrogen) atoms. The van der Waals surface area contributed by atoms with Crippen LogP contribution in [0.15, 0.2) is 42.6 Å². The van der Waals surface area contributed by atoms with Gasteiger partial charge in [0.15, 0.2) is 0 Å². The first-order valence-electron chi connectivity index (χ1n) is 8.27. The molecule has 0 bridgehead atoms. The summed E-state index contributed by atoms with van der Waals surface area (Å²) >= 11 is 0. The molecule has 0 spiro atoms. The molecule has 3 rings (SSSR count). The molecule has 0 fully saturated rings. The van der Waals surface area contributed by atoms with E-state index in [1.807, 2.05) is 44.3 Å². The van der Waals surface area contributed by atoms with E-state index in [-0.39, 0.29) is 18.5 Å². The molecule has 1 amide bonds. The minimum Gasteiger partial charge on any atom is -0.348 e. The molecule has 2 heterocycles. The second-order valence-corrected chi connectivity index (χ2v) is 8.35. The standard InChI is InChI=1S/C18H23N3O3S/c1-14-7-4-5-8-16(14)21(25(3,23)24)13-18(22)20-12-11-19-10-6-9-17(19)15(20)2/h4-10,15H,11-13H2,1-3H3. The van der Waals surface area contributed by atoms with E-state index in [0.29, 0.717) is 12.2 Å². The van der Waals surface area contributed by atoms with Gasteiger partial charge in [0.1, 0.15) is 6.54 Å². The van der Waals surface area contributed by atoms with Crippen LogP contribution in [0, 0.1) is 6.92 Å². The number of para-hydroxylation sites is 1. The van der Waals surface area contributed by atoms with E-state index in [0.717, 1.165) is 24.1 Å². The Hall–Kier alpha value is -2.28. The average Bonchev–Trinajstić information content (AvgIpc) is 3.02. The largest absolute Gasteiger partial charge is 0.348 e. The highest BCUT2D eigenvalue weighted by molar-refractivity contribution is 7.92. The van der Waals surface area contributed by atoms with Gasteiger partial charge in [-0.25, -0.2) is 8.42 Å². The smallest absolute Gasteiger partial charge is 0.243 e. The Balaban J connectivity index is 1.86. The Morgan fingerprint density at radius 3 is 2.60 bits per heavy atom. The number of benzene rings is 1.